The van der Waals surface area contributed by atoms with Crippen LogP contribution in [0, 0.1) is 0 Å². The molecule has 0 radical (unpaired) electrons. The monoisotopic (exact) mass is 323 g/mol. The summed E-state index contributed by atoms with van der Waals surface area (Å²) in [6, 6.07) is 13.3. The molecule has 0 bridgehead atoms. The molecule has 2 amide bonds. The van der Waals surface area contributed by atoms with Crippen LogP contribution in [0.3, 0.4) is 0 Å². The van der Waals surface area contributed by atoms with Crippen LogP contribution in [-0.4, -0.2) is 60.9 Å². The zero-order chi connectivity index (χ0) is 16.7. The molecule has 5 nitrogen and oxygen atoms in total. The number of benzene rings is 2. The molecule has 2 aromatic carbocycles. The summed E-state index contributed by atoms with van der Waals surface area (Å²) in [5, 5.41) is 1.99. The molecule has 0 N–H and O–H groups in total. The molecule has 4 rings (SSSR count). The summed E-state index contributed by atoms with van der Waals surface area (Å²) in [6.07, 6.45) is 0.284. The van der Waals surface area contributed by atoms with Crippen molar-refractivity contribution in [3.8, 4) is 0 Å². The lowest BCUT2D eigenvalue weighted by Crippen LogP contribution is -2.51. The minimum atomic E-state index is -0.315. The predicted octanol–water partition coefficient (Wildman–Crippen LogP) is 1.72. The van der Waals surface area contributed by atoms with Gasteiger partial charge in [-0.25, -0.2) is 4.90 Å². The van der Waals surface area contributed by atoms with Crippen molar-refractivity contribution >= 4 is 28.3 Å². The van der Waals surface area contributed by atoms with E-state index in [4.69, 9.17) is 0 Å². The maximum absolute atomic E-state index is 13.0. The smallest absolute Gasteiger partial charge is 0.251 e. The molecule has 124 valence electrons. The van der Waals surface area contributed by atoms with Crippen LogP contribution >= 0.6 is 0 Å². The molecule has 2 saturated heterocycles. The standard InChI is InChI=1S/C19H21N3O2/c1-20-9-11-21(12-10-20)17-13-18(23)22(19(17)24)16-8-4-6-14-5-2-3-7-15(14)16/h2-8,17H,9-13H2,1H3. The topological polar surface area (TPSA) is 43.9 Å². The van der Waals surface area contributed by atoms with Crippen molar-refractivity contribution in [1.82, 2.24) is 9.80 Å². The SMILES string of the molecule is CN1CCN(C2CC(=O)N(c3cccc4ccccc34)C2=O)CC1. The molecule has 2 aromatic rings. The van der Waals surface area contributed by atoms with Crippen LogP contribution in [-0.2, 0) is 9.59 Å². The predicted molar refractivity (Wildman–Crippen MR) is 93.9 cm³/mol. The van der Waals surface area contributed by atoms with Crippen LogP contribution in [0.1, 0.15) is 6.42 Å². The van der Waals surface area contributed by atoms with Gasteiger partial charge in [0.2, 0.25) is 5.91 Å². The summed E-state index contributed by atoms with van der Waals surface area (Å²) in [6.45, 7) is 3.55. The minimum Gasteiger partial charge on any atom is -0.304 e. The lowest BCUT2D eigenvalue weighted by Gasteiger charge is -2.35. The molecule has 0 spiro atoms. The van der Waals surface area contributed by atoms with Gasteiger partial charge in [0.05, 0.1) is 18.2 Å². The zero-order valence-corrected chi connectivity index (χ0v) is 13.8. The van der Waals surface area contributed by atoms with E-state index < -0.39 is 0 Å². The summed E-state index contributed by atoms with van der Waals surface area (Å²) >= 11 is 0. The number of nitrogens with zero attached hydrogens (tertiary/aromatic N) is 3. The van der Waals surface area contributed by atoms with Gasteiger partial charge < -0.3 is 4.90 Å². The van der Waals surface area contributed by atoms with Gasteiger partial charge in [-0.15, -0.1) is 0 Å². The Balaban J connectivity index is 1.66. The molecular formula is C19H21N3O2. The Bertz CT molecular complexity index is 791. The molecule has 1 unspecified atom stereocenters. The molecule has 0 saturated carbocycles. The number of piperazine rings is 1. The highest BCUT2D eigenvalue weighted by molar-refractivity contribution is 6.25. The Kier molecular flexibility index (Phi) is 3.82. The molecule has 2 aliphatic rings. The summed E-state index contributed by atoms with van der Waals surface area (Å²) in [5.74, 6) is -0.179. The quantitative estimate of drug-likeness (QED) is 0.790. The van der Waals surface area contributed by atoms with Gasteiger partial charge in [-0.3, -0.25) is 14.5 Å². The van der Waals surface area contributed by atoms with Gasteiger partial charge in [-0.2, -0.15) is 0 Å². The molecule has 2 aliphatic heterocycles. The number of hydrogen-bond acceptors (Lipinski definition) is 4. The molecule has 2 heterocycles. The molecule has 2 fully saturated rings. The van der Waals surface area contributed by atoms with Crippen molar-refractivity contribution in [3.63, 3.8) is 0 Å². The van der Waals surface area contributed by atoms with Gasteiger partial charge in [-0.05, 0) is 18.5 Å². The van der Waals surface area contributed by atoms with Gasteiger partial charge in [0.1, 0.15) is 0 Å². The van der Waals surface area contributed by atoms with E-state index >= 15 is 0 Å². The third kappa shape index (κ3) is 2.50. The van der Waals surface area contributed by atoms with Crippen LogP contribution in [0.2, 0.25) is 0 Å². The Hall–Kier alpha value is -2.24. The van der Waals surface area contributed by atoms with E-state index in [9.17, 15) is 9.59 Å². The van der Waals surface area contributed by atoms with Gasteiger partial charge in [-0.1, -0.05) is 36.4 Å². The second-order valence-electron chi connectivity index (χ2n) is 6.62. The highest BCUT2D eigenvalue weighted by atomic mass is 16.2. The first-order valence-electron chi connectivity index (χ1n) is 8.42. The number of carbonyl (C=O) groups excluding carboxylic acids is 2. The number of amides is 2. The molecular weight excluding hydrogens is 302 g/mol. The van der Waals surface area contributed by atoms with E-state index in [2.05, 4.69) is 16.8 Å². The van der Waals surface area contributed by atoms with Crippen LogP contribution in [0.15, 0.2) is 42.5 Å². The largest absolute Gasteiger partial charge is 0.304 e. The van der Waals surface area contributed by atoms with E-state index in [1.165, 1.54) is 4.90 Å². The van der Waals surface area contributed by atoms with Crippen molar-refractivity contribution in [2.45, 2.75) is 12.5 Å². The molecule has 0 aliphatic carbocycles. The normalized spacial score (nSPS) is 23.4. The number of rotatable bonds is 2. The Morgan fingerprint density at radius 2 is 1.62 bits per heavy atom. The molecule has 1 atom stereocenters. The molecule has 24 heavy (non-hydrogen) atoms. The summed E-state index contributed by atoms with van der Waals surface area (Å²) in [5.41, 5.74) is 0.708. The third-order valence-electron chi connectivity index (χ3n) is 5.11. The fraction of sp³-hybridized carbons (Fsp3) is 0.368. The Labute approximate surface area is 141 Å². The Morgan fingerprint density at radius 3 is 2.42 bits per heavy atom. The van der Waals surface area contributed by atoms with Gasteiger partial charge >= 0.3 is 0 Å². The summed E-state index contributed by atoms with van der Waals surface area (Å²) in [4.78, 5) is 31.4. The average molecular weight is 323 g/mol. The van der Waals surface area contributed by atoms with Crippen molar-refractivity contribution in [1.29, 1.82) is 0 Å². The van der Waals surface area contributed by atoms with E-state index in [1.54, 1.807) is 0 Å². The number of likely N-dealkylation sites (N-methyl/N-ethyl adjacent to an activating group) is 1. The van der Waals surface area contributed by atoms with E-state index in [1.807, 2.05) is 42.5 Å². The van der Waals surface area contributed by atoms with Crippen molar-refractivity contribution in [2.24, 2.45) is 0 Å². The minimum absolute atomic E-state index is 0.0825. The highest BCUT2D eigenvalue weighted by Crippen LogP contribution is 2.32. The second-order valence-corrected chi connectivity index (χ2v) is 6.62. The molecule has 0 aromatic heterocycles. The van der Waals surface area contributed by atoms with Crippen molar-refractivity contribution < 1.29 is 9.59 Å². The Morgan fingerprint density at radius 1 is 0.917 bits per heavy atom. The van der Waals surface area contributed by atoms with E-state index in [-0.39, 0.29) is 24.3 Å². The number of anilines is 1. The second kappa shape index (κ2) is 6.00. The van der Waals surface area contributed by atoms with Crippen LogP contribution in [0.25, 0.3) is 10.8 Å². The van der Waals surface area contributed by atoms with Crippen LogP contribution in [0.5, 0.6) is 0 Å². The lowest BCUT2D eigenvalue weighted by molar-refractivity contribution is -0.123. The van der Waals surface area contributed by atoms with E-state index in [0.29, 0.717) is 5.69 Å². The van der Waals surface area contributed by atoms with Gasteiger partial charge in [0, 0.05) is 31.6 Å². The first-order valence-corrected chi connectivity index (χ1v) is 8.42. The first-order chi connectivity index (χ1) is 11.6. The maximum atomic E-state index is 13.0. The summed E-state index contributed by atoms with van der Waals surface area (Å²) < 4.78 is 0. The number of fused-ring (bicyclic) bond motifs is 1. The van der Waals surface area contributed by atoms with Crippen LogP contribution < -0.4 is 4.90 Å². The fourth-order valence-electron chi connectivity index (χ4n) is 3.69. The summed E-state index contributed by atoms with van der Waals surface area (Å²) in [7, 11) is 2.08. The van der Waals surface area contributed by atoms with Crippen molar-refractivity contribution in [2.75, 3.05) is 38.1 Å². The molecule has 5 heteroatoms. The third-order valence-corrected chi connectivity index (χ3v) is 5.11. The van der Waals surface area contributed by atoms with Gasteiger partial charge in [0.15, 0.2) is 0 Å². The average Bonchev–Trinajstić information content (AvgIpc) is 2.90. The number of imide groups is 1. The lowest BCUT2D eigenvalue weighted by atomic mass is 10.1. The van der Waals surface area contributed by atoms with Crippen LogP contribution in [0.4, 0.5) is 5.69 Å². The maximum Gasteiger partial charge on any atom is 0.251 e. The van der Waals surface area contributed by atoms with E-state index in [0.717, 1.165) is 37.0 Å². The number of carbonyl (C=O) groups is 2. The van der Waals surface area contributed by atoms with Gasteiger partial charge in [0.25, 0.3) is 5.91 Å². The zero-order valence-electron chi connectivity index (χ0n) is 13.8. The fourth-order valence-corrected chi connectivity index (χ4v) is 3.69. The van der Waals surface area contributed by atoms with Crippen molar-refractivity contribution in [3.05, 3.63) is 42.5 Å². The number of hydrogen-bond donors (Lipinski definition) is 0. The first kappa shape index (κ1) is 15.3. The highest BCUT2D eigenvalue weighted by Gasteiger charge is 2.43.